The van der Waals surface area contributed by atoms with Crippen molar-refractivity contribution >= 4 is 8.32 Å². The maximum Gasteiger partial charge on any atom is 1.00 e. The maximum absolute atomic E-state index is 6.25. The van der Waals surface area contributed by atoms with Gasteiger partial charge in [0.1, 0.15) is 0 Å². The Balaban J connectivity index is 0.00000256. The van der Waals surface area contributed by atoms with E-state index in [0.29, 0.717) is 5.41 Å². The molecule has 1 nitrogen and oxygen atoms in total. The van der Waals surface area contributed by atoms with E-state index in [1.807, 2.05) is 6.08 Å². The van der Waals surface area contributed by atoms with Crippen LogP contribution in [0.15, 0.2) is 6.08 Å². The number of rotatable bonds is 7. The zero-order chi connectivity index (χ0) is 12.2. The number of unbranched alkanes of at least 4 members (excludes halogenated alkanes) is 1. The zero-order valence-electron chi connectivity index (χ0n) is 12.4. The van der Waals surface area contributed by atoms with E-state index < -0.39 is 8.32 Å². The van der Waals surface area contributed by atoms with Crippen LogP contribution in [-0.2, 0) is 4.43 Å². The molecule has 1 aliphatic carbocycles. The van der Waals surface area contributed by atoms with Crippen molar-refractivity contribution in [3.63, 3.8) is 0 Å². The molecule has 3 heteroatoms. The normalized spacial score (nSPS) is 20.0. The SMILES string of the molecule is [CH-]=CC(O[Si](C)(C)C)C1(CCCC)CCC1.[Li+]. The summed E-state index contributed by atoms with van der Waals surface area (Å²) in [5, 5.41) is 0. The predicted molar refractivity (Wildman–Crippen MR) is 72.9 cm³/mol. The molecule has 0 radical (unpaired) electrons. The molecule has 1 aliphatic rings. The predicted octanol–water partition coefficient (Wildman–Crippen LogP) is 1.56. The van der Waals surface area contributed by atoms with Crippen molar-refractivity contribution in [1.29, 1.82) is 0 Å². The molecule has 0 aliphatic heterocycles. The first kappa shape index (κ1) is 17.5. The average Bonchev–Trinajstić information content (AvgIpc) is 2.12. The third kappa shape index (κ3) is 4.95. The van der Waals surface area contributed by atoms with Crippen LogP contribution in [0, 0.1) is 12.0 Å². The third-order valence-electron chi connectivity index (χ3n) is 3.64. The van der Waals surface area contributed by atoms with Crippen LogP contribution in [-0.4, -0.2) is 14.4 Å². The van der Waals surface area contributed by atoms with E-state index in [-0.39, 0.29) is 25.0 Å². The van der Waals surface area contributed by atoms with Gasteiger partial charge in [0.2, 0.25) is 0 Å². The Morgan fingerprint density at radius 2 is 1.94 bits per heavy atom. The van der Waals surface area contributed by atoms with E-state index in [4.69, 9.17) is 11.0 Å². The van der Waals surface area contributed by atoms with Crippen LogP contribution >= 0.6 is 0 Å². The molecule has 0 spiro atoms. The minimum absolute atomic E-state index is 0. The van der Waals surface area contributed by atoms with Gasteiger partial charge in [0, 0.05) is 6.10 Å². The topological polar surface area (TPSA) is 9.23 Å². The fraction of sp³-hybridized carbons (Fsp3) is 0.857. The largest absolute Gasteiger partial charge is 1.00 e. The van der Waals surface area contributed by atoms with Crippen LogP contribution in [0.25, 0.3) is 0 Å². The first-order chi connectivity index (χ1) is 7.43. The van der Waals surface area contributed by atoms with Crippen LogP contribution < -0.4 is 18.9 Å². The molecule has 0 aromatic rings. The van der Waals surface area contributed by atoms with Gasteiger partial charge in [-0.25, -0.2) is 6.08 Å². The molecular weight excluding hydrogens is 219 g/mol. The van der Waals surface area contributed by atoms with E-state index in [2.05, 4.69) is 26.6 Å². The summed E-state index contributed by atoms with van der Waals surface area (Å²) in [7, 11) is -1.48. The number of hydrogen-bond acceptors (Lipinski definition) is 1. The fourth-order valence-corrected chi connectivity index (χ4v) is 3.68. The van der Waals surface area contributed by atoms with Crippen molar-refractivity contribution in [2.45, 2.75) is 71.2 Å². The molecule has 17 heavy (non-hydrogen) atoms. The standard InChI is InChI=1S/C14H27OSi.Li/c1-6-8-10-14(11-9-12-14)13(7-2)15-16(3,4)5;/h2,7,13H,6,8-12H2,1,3-5H3;/q-1;+1. The van der Waals surface area contributed by atoms with Crippen molar-refractivity contribution in [1.82, 2.24) is 0 Å². The summed E-state index contributed by atoms with van der Waals surface area (Å²) >= 11 is 0. The Morgan fingerprint density at radius 3 is 2.24 bits per heavy atom. The maximum atomic E-state index is 6.25. The van der Waals surface area contributed by atoms with E-state index in [9.17, 15) is 0 Å². The molecule has 1 atom stereocenters. The molecule has 0 saturated heterocycles. The second-order valence-corrected chi connectivity index (χ2v) is 10.6. The fourth-order valence-electron chi connectivity index (χ4n) is 2.59. The van der Waals surface area contributed by atoms with E-state index in [1.54, 1.807) is 0 Å². The molecule has 0 heterocycles. The monoisotopic (exact) mass is 246 g/mol. The Bertz CT molecular complexity index is 231. The van der Waals surface area contributed by atoms with Crippen LogP contribution in [0.2, 0.25) is 19.6 Å². The summed E-state index contributed by atoms with van der Waals surface area (Å²) in [6.45, 7) is 14.8. The van der Waals surface area contributed by atoms with Gasteiger partial charge in [-0.1, -0.05) is 26.2 Å². The van der Waals surface area contributed by atoms with Crippen molar-refractivity contribution in [2.24, 2.45) is 5.41 Å². The summed E-state index contributed by atoms with van der Waals surface area (Å²) < 4.78 is 6.25. The third-order valence-corrected chi connectivity index (χ3v) is 4.60. The van der Waals surface area contributed by atoms with Crippen LogP contribution in [0.3, 0.4) is 0 Å². The van der Waals surface area contributed by atoms with E-state index in [0.717, 1.165) is 0 Å². The van der Waals surface area contributed by atoms with Crippen molar-refractivity contribution in [3.8, 4) is 0 Å². The van der Waals surface area contributed by atoms with Crippen molar-refractivity contribution in [2.75, 3.05) is 0 Å². The molecule has 0 aromatic heterocycles. The van der Waals surface area contributed by atoms with E-state index >= 15 is 0 Å². The van der Waals surface area contributed by atoms with Gasteiger partial charge < -0.3 is 11.0 Å². The Morgan fingerprint density at radius 1 is 1.35 bits per heavy atom. The Hall–Kier alpha value is 0.514. The molecule has 0 amide bonds. The van der Waals surface area contributed by atoms with Crippen LogP contribution in [0.5, 0.6) is 0 Å². The summed E-state index contributed by atoms with van der Waals surface area (Å²) in [4.78, 5) is 0. The molecule has 94 valence electrons. The van der Waals surface area contributed by atoms with Crippen LogP contribution in [0.1, 0.15) is 45.4 Å². The summed E-state index contributed by atoms with van der Waals surface area (Å²) in [6, 6.07) is 0. The van der Waals surface area contributed by atoms with Gasteiger partial charge in [0.05, 0.1) is 0 Å². The molecule has 0 bridgehead atoms. The Kier molecular flexibility index (Phi) is 7.41. The van der Waals surface area contributed by atoms with Crippen LogP contribution in [0.4, 0.5) is 0 Å². The smallest absolute Gasteiger partial charge is 0.515 e. The first-order valence-electron chi connectivity index (χ1n) is 6.66. The van der Waals surface area contributed by atoms with Gasteiger partial charge in [-0.15, -0.1) is 0 Å². The van der Waals surface area contributed by atoms with Crippen molar-refractivity contribution in [3.05, 3.63) is 12.7 Å². The van der Waals surface area contributed by atoms with Gasteiger partial charge >= 0.3 is 18.9 Å². The molecule has 1 unspecified atom stereocenters. The molecule has 1 rings (SSSR count). The van der Waals surface area contributed by atoms with Gasteiger partial charge in [0.25, 0.3) is 0 Å². The molecular formula is C14H27LiOSi. The molecule has 0 N–H and O–H groups in total. The average molecular weight is 246 g/mol. The zero-order valence-corrected chi connectivity index (χ0v) is 13.4. The Labute approximate surface area is 121 Å². The second-order valence-electron chi connectivity index (χ2n) is 6.16. The van der Waals surface area contributed by atoms with Gasteiger partial charge in [0.15, 0.2) is 8.32 Å². The second kappa shape index (κ2) is 7.19. The minimum atomic E-state index is -1.48. The first-order valence-corrected chi connectivity index (χ1v) is 10.1. The summed E-state index contributed by atoms with van der Waals surface area (Å²) in [5.41, 5.74) is 0.380. The quantitative estimate of drug-likeness (QED) is 0.489. The molecule has 0 aromatic carbocycles. The minimum Gasteiger partial charge on any atom is -0.515 e. The van der Waals surface area contributed by atoms with Gasteiger partial charge in [-0.3, -0.25) is 0 Å². The molecule has 1 saturated carbocycles. The summed E-state index contributed by atoms with van der Waals surface area (Å²) in [5.74, 6) is 0. The number of hydrogen-bond donors (Lipinski definition) is 0. The van der Waals surface area contributed by atoms with Crippen molar-refractivity contribution < 1.29 is 23.3 Å². The molecule has 1 fully saturated rings. The van der Waals surface area contributed by atoms with E-state index in [1.165, 1.54) is 38.5 Å². The van der Waals surface area contributed by atoms with Gasteiger partial charge in [-0.05, 0) is 44.3 Å². The summed E-state index contributed by atoms with van der Waals surface area (Å²) in [6.07, 6.45) is 9.82. The van der Waals surface area contributed by atoms with Gasteiger partial charge in [-0.2, -0.15) is 0 Å².